The van der Waals surface area contributed by atoms with E-state index in [1.807, 2.05) is 31.2 Å². The summed E-state index contributed by atoms with van der Waals surface area (Å²) in [5, 5.41) is 9.32. The van der Waals surface area contributed by atoms with E-state index in [1.54, 1.807) is 38.5 Å². The van der Waals surface area contributed by atoms with E-state index >= 15 is 0 Å². The first kappa shape index (κ1) is 39.7. The van der Waals surface area contributed by atoms with Gasteiger partial charge in [-0.1, -0.05) is 55.0 Å². The predicted octanol–water partition coefficient (Wildman–Crippen LogP) is 5.70. The van der Waals surface area contributed by atoms with E-state index in [9.17, 15) is 13.7 Å². The highest BCUT2D eigenvalue weighted by atomic mass is 32.2. The highest BCUT2D eigenvalue weighted by molar-refractivity contribution is 7.89. The summed E-state index contributed by atoms with van der Waals surface area (Å²) in [4.78, 5) is 2.53. The lowest BCUT2D eigenvalue weighted by atomic mass is 9.85. The van der Waals surface area contributed by atoms with Crippen LogP contribution in [0.25, 0.3) is 0 Å². The molecule has 3 aromatic carbocycles. The standard InChI is InChI=1S/C40H53N3O8S/c1-30-7-14-35(15-8-30)52(44,45)43-24-38(49-21-5-17-41)40(34-12-9-32(10-13-34)28-48-27-31(2)26-47-4)39(25-43)51-29-33-11-16-37-36(23-33)42(19-22-50-37)18-6-20-46-3/h7-16,23,31,38-40H,5-6,18-22,24-29H2,1-4H3/t31?,38-,39+,40+/m1/s1. The zero-order chi connectivity index (χ0) is 36.9. The zero-order valence-electron chi connectivity index (χ0n) is 30.9. The fourth-order valence-corrected chi connectivity index (χ4v) is 8.25. The van der Waals surface area contributed by atoms with Gasteiger partial charge >= 0.3 is 0 Å². The van der Waals surface area contributed by atoms with Crippen LogP contribution in [0.5, 0.6) is 5.75 Å². The Morgan fingerprint density at radius 1 is 0.904 bits per heavy atom. The first-order chi connectivity index (χ1) is 25.2. The van der Waals surface area contributed by atoms with Gasteiger partial charge in [0.25, 0.3) is 0 Å². The van der Waals surface area contributed by atoms with Crippen LogP contribution in [0.1, 0.15) is 47.9 Å². The quantitative estimate of drug-likeness (QED) is 0.142. The van der Waals surface area contributed by atoms with Crippen LogP contribution in [0, 0.1) is 24.2 Å². The molecular formula is C40H53N3O8S. The Labute approximate surface area is 309 Å². The summed E-state index contributed by atoms with van der Waals surface area (Å²) in [6.45, 7) is 9.34. The zero-order valence-corrected chi connectivity index (χ0v) is 31.7. The van der Waals surface area contributed by atoms with Crippen molar-refractivity contribution in [3.8, 4) is 11.8 Å². The Hall–Kier alpha value is -3.54. The smallest absolute Gasteiger partial charge is 0.243 e. The van der Waals surface area contributed by atoms with Gasteiger partial charge < -0.3 is 33.3 Å². The van der Waals surface area contributed by atoms with Gasteiger partial charge in [0.05, 0.1) is 74.9 Å². The molecule has 0 N–H and O–H groups in total. The number of piperidine rings is 1. The van der Waals surface area contributed by atoms with Crippen molar-refractivity contribution in [1.82, 2.24) is 4.31 Å². The fourth-order valence-electron chi connectivity index (χ4n) is 6.79. The third kappa shape index (κ3) is 10.5. The van der Waals surface area contributed by atoms with Crippen LogP contribution in [-0.2, 0) is 46.9 Å². The summed E-state index contributed by atoms with van der Waals surface area (Å²) in [5.41, 5.74) is 4.94. The Morgan fingerprint density at radius 2 is 1.63 bits per heavy atom. The van der Waals surface area contributed by atoms with Gasteiger partial charge in [-0.05, 0) is 54.3 Å². The van der Waals surface area contributed by atoms with Gasteiger partial charge in [0.1, 0.15) is 12.4 Å². The predicted molar refractivity (Wildman–Crippen MR) is 199 cm³/mol. The molecule has 0 bridgehead atoms. The van der Waals surface area contributed by atoms with Crippen molar-refractivity contribution in [2.45, 2.75) is 62.9 Å². The van der Waals surface area contributed by atoms with Gasteiger partial charge in [0.15, 0.2) is 0 Å². The average molecular weight is 736 g/mol. The number of benzene rings is 3. The minimum Gasteiger partial charge on any atom is -0.490 e. The molecule has 11 nitrogen and oxygen atoms in total. The van der Waals surface area contributed by atoms with E-state index in [-0.39, 0.29) is 49.5 Å². The largest absolute Gasteiger partial charge is 0.490 e. The summed E-state index contributed by atoms with van der Waals surface area (Å²) in [6.07, 6.45) is -0.0211. The molecule has 5 rings (SSSR count). The van der Waals surface area contributed by atoms with Crippen molar-refractivity contribution >= 4 is 15.7 Å². The van der Waals surface area contributed by atoms with E-state index in [4.69, 9.17) is 28.4 Å². The molecule has 0 aliphatic carbocycles. The first-order valence-electron chi connectivity index (χ1n) is 18.1. The topological polar surface area (TPSA) is 120 Å². The van der Waals surface area contributed by atoms with Crippen LogP contribution >= 0.6 is 0 Å². The van der Waals surface area contributed by atoms with Crippen LogP contribution in [-0.4, -0.2) is 98.4 Å². The molecule has 0 aromatic heterocycles. The monoisotopic (exact) mass is 735 g/mol. The Balaban J connectivity index is 1.42. The highest BCUT2D eigenvalue weighted by Crippen LogP contribution is 2.37. The summed E-state index contributed by atoms with van der Waals surface area (Å²) in [7, 11) is -0.475. The fraction of sp³-hybridized carbons (Fsp3) is 0.525. The molecule has 1 fully saturated rings. The number of nitriles is 1. The van der Waals surface area contributed by atoms with Crippen LogP contribution in [0.2, 0.25) is 0 Å². The van der Waals surface area contributed by atoms with E-state index in [1.165, 1.54) is 4.31 Å². The molecule has 2 aliphatic rings. The SMILES string of the molecule is COCCCN1CCOc2ccc(CO[C@H]3CN(S(=O)(=O)c4ccc(C)cc4)C[C@@H](OCCC#N)[C@@H]3c3ccc(COCC(C)COC)cc3)cc21. The molecule has 4 atom stereocenters. The van der Waals surface area contributed by atoms with Crippen molar-refractivity contribution in [3.05, 3.63) is 89.0 Å². The van der Waals surface area contributed by atoms with Gasteiger partial charge in [-0.3, -0.25) is 0 Å². The Morgan fingerprint density at radius 3 is 2.35 bits per heavy atom. The van der Waals surface area contributed by atoms with Crippen LogP contribution in [0.15, 0.2) is 71.6 Å². The molecule has 1 unspecified atom stereocenters. The molecule has 2 aliphatic heterocycles. The van der Waals surface area contributed by atoms with Gasteiger partial charge in [-0.2, -0.15) is 9.57 Å². The van der Waals surface area contributed by atoms with Crippen LogP contribution in [0.3, 0.4) is 0 Å². The van der Waals surface area contributed by atoms with E-state index < -0.39 is 22.2 Å². The average Bonchev–Trinajstić information content (AvgIpc) is 3.15. The summed E-state index contributed by atoms with van der Waals surface area (Å²) in [5.74, 6) is 0.823. The van der Waals surface area contributed by atoms with Crippen molar-refractivity contribution in [2.24, 2.45) is 5.92 Å². The summed E-state index contributed by atoms with van der Waals surface area (Å²) < 4.78 is 65.2. The maximum atomic E-state index is 14.1. The number of fused-ring (bicyclic) bond motifs is 1. The minimum absolute atomic E-state index is 0.126. The van der Waals surface area contributed by atoms with Crippen molar-refractivity contribution < 1.29 is 36.8 Å². The summed E-state index contributed by atoms with van der Waals surface area (Å²) in [6, 6.07) is 23.3. The minimum atomic E-state index is -3.87. The number of ether oxygens (including phenoxy) is 6. The first-order valence-corrected chi connectivity index (χ1v) is 19.5. The molecule has 0 radical (unpaired) electrons. The number of anilines is 1. The lowest BCUT2D eigenvalue weighted by Gasteiger charge is -2.43. The van der Waals surface area contributed by atoms with Gasteiger partial charge in [0.2, 0.25) is 10.0 Å². The van der Waals surface area contributed by atoms with Gasteiger partial charge in [-0.25, -0.2) is 8.42 Å². The lowest BCUT2D eigenvalue weighted by molar-refractivity contribution is -0.0777. The molecule has 52 heavy (non-hydrogen) atoms. The molecule has 1 saturated heterocycles. The molecule has 0 spiro atoms. The molecule has 0 saturated carbocycles. The number of sulfonamides is 1. The number of rotatable bonds is 19. The molecular weight excluding hydrogens is 683 g/mol. The molecule has 2 heterocycles. The van der Waals surface area contributed by atoms with Crippen molar-refractivity contribution in [1.29, 1.82) is 5.26 Å². The second kappa shape index (κ2) is 19.5. The lowest BCUT2D eigenvalue weighted by Crippen LogP contribution is -2.54. The number of aryl methyl sites for hydroxylation is 1. The molecule has 0 amide bonds. The number of hydrogen-bond acceptors (Lipinski definition) is 10. The van der Waals surface area contributed by atoms with E-state index in [0.717, 1.165) is 53.2 Å². The second-order valence-corrected chi connectivity index (χ2v) is 15.6. The second-order valence-electron chi connectivity index (χ2n) is 13.6. The van der Waals surface area contributed by atoms with E-state index in [2.05, 4.69) is 36.1 Å². The summed E-state index contributed by atoms with van der Waals surface area (Å²) >= 11 is 0. The van der Waals surface area contributed by atoms with Crippen molar-refractivity contribution in [2.75, 3.05) is 78.3 Å². The molecule has 12 heteroatoms. The number of nitrogens with zero attached hydrogens (tertiary/aromatic N) is 3. The van der Waals surface area contributed by atoms with Gasteiger partial charge in [0, 0.05) is 52.3 Å². The molecule has 3 aromatic rings. The third-order valence-corrected chi connectivity index (χ3v) is 11.3. The highest BCUT2D eigenvalue weighted by Gasteiger charge is 2.43. The van der Waals surface area contributed by atoms with Crippen LogP contribution in [0.4, 0.5) is 5.69 Å². The number of hydrogen-bond donors (Lipinski definition) is 0. The Kier molecular flexibility index (Phi) is 14.9. The normalized spacial score (nSPS) is 19.8. The van der Waals surface area contributed by atoms with Gasteiger partial charge in [-0.15, -0.1) is 0 Å². The van der Waals surface area contributed by atoms with Crippen LogP contribution < -0.4 is 9.64 Å². The maximum absolute atomic E-state index is 14.1. The third-order valence-electron chi connectivity index (χ3n) is 9.48. The van der Waals surface area contributed by atoms with Crippen molar-refractivity contribution in [3.63, 3.8) is 0 Å². The molecule has 282 valence electrons. The van der Waals surface area contributed by atoms with E-state index in [0.29, 0.717) is 33.0 Å². The Bertz CT molecular complexity index is 1700. The number of methoxy groups -OCH3 is 2. The maximum Gasteiger partial charge on any atom is 0.243 e.